The number of carbonyl (C=O) groups is 1. The molecular formula is C19H18ClF2NO2. The van der Waals surface area contributed by atoms with Crippen LogP contribution in [0.1, 0.15) is 28.8 Å². The van der Waals surface area contributed by atoms with Crippen LogP contribution in [0.4, 0.5) is 8.78 Å². The van der Waals surface area contributed by atoms with E-state index in [1.165, 1.54) is 12.1 Å². The van der Waals surface area contributed by atoms with E-state index in [9.17, 15) is 13.6 Å². The Bertz CT molecular complexity index is 776. The highest BCUT2D eigenvalue weighted by Crippen LogP contribution is 2.38. The van der Waals surface area contributed by atoms with Gasteiger partial charge in [0, 0.05) is 30.2 Å². The van der Waals surface area contributed by atoms with Crippen LogP contribution in [0.3, 0.4) is 0 Å². The minimum atomic E-state index is -1.14. The van der Waals surface area contributed by atoms with Crippen LogP contribution < -0.4 is 5.32 Å². The Morgan fingerprint density at radius 3 is 2.56 bits per heavy atom. The van der Waals surface area contributed by atoms with Crippen LogP contribution in [0.15, 0.2) is 42.5 Å². The van der Waals surface area contributed by atoms with Crippen LogP contribution in [0, 0.1) is 11.6 Å². The summed E-state index contributed by atoms with van der Waals surface area (Å²) in [6.45, 7) is 1.37. The van der Waals surface area contributed by atoms with Crippen molar-refractivity contribution < 1.29 is 18.3 Å². The summed E-state index contributed by atoms with van der Waals surface area (Å²) in [7, 11) is 0. The Morgan fingerprint density at radius 1 is 1.12 bits per heavy atom. The molecule has 0 radical (unpaired) electrons. The molecule has 0 spiro atoms. The molecule has 3 nitrogen and oxygen atoms in total. The number of carbonyl (C=O) groups excluding carboxylic acids is 1. The fourth-order valence-electron chi connectivity index (χ4n) is 3.22. The lowest BCUT2D eigenvalue weighted by Crippen LogP contribution is -2.45. The number of ether oxygens (including phenoxy) is 1. The second-order valence-corrected chi connectivity index (χ2v) is 6.56. The third-order valence-corrected chi connectivity index (χ3v) is 5.01. The van der Waals surface area contributed by atoms with E-state index in [-0.39, 0.29) is 12.1 Å². The molecule has 1 fully saturated rings. The lowest BCUT2D eigenvalue weighted by atomic mass is 9.74. The van der Waals surface area contributed by atoms with E-state index in [1.807, 2.05) is 24.3 Å². The third kappa shape index (κ3) is 3.67. The summed E-state index contributed by atoms with van der Waals surface area (Å²) in [5.74, 6) is -2.83. The first-order valence-electron chi connectivity index (χ1n) is 8.08. The summed E-state index contributed by atoms with van der Waals surface area (Å²) in [6, 6.07) is 11.0. The van der Waals surface area contributed by atoms with Crippen molar-refractivity contribution >= 4 is 17.5 Å². The highest BCUT2D eigenvalue weighted by atomic mass is 35.5. The van der Waals surface area contributed by atoms with Crippen LogP contribution >= 0.6 is 11.6 Å². The molecule has 25 heavy (non-hydrogen) atoms. The van der Waals surface area contributed by atoms with Gasteiger partial charge >= 0.3 is 0 Å². The smallest absolute Gasteiger partial charge is 0.254 e. The van der Waals surface area contributed by atoms with Gasteiger partial charge in [0.25, 0.3) is 5.91 Å². The van der Waals surface area contributed by atoms with Crippen molar-refractivity contribution in [2.45, 2.75) is 18.3 Å². The third-order valence-electron chi connectivity index (χ3n) is 4.68. The zero-order valence-electron chi connectivity index (χ0n) is 13.5. The molecular weight excluding hydrogens is 348 g/mol. The summed E-state index contributed by atoms with van der Waals surface area (Å²) in [5, 5.41) is 3.36. The van der Waals surface area contributed by atoms with Gasteiger partial charge in [-0.1, -0.05) is 35.9 Å². The maximum atomic E-state index is 13.8. The SMILES string of the molecule is O=C(NCC1(c2ccccc2Cl)CCOCC1)c1cccc(F)c1F. The van der Waals surface area contributed by atoms with Crippen molar-refractivity contribution in [3.8, 4) is 0 Å². The standard InChI is InChI=1S/C19H18ClF2NO2/c20-15-6-2-1-5-14(15)19(8-10-25-11-9-19)12-23-18(24)13-4-3-7-16(21)17(13)22/h1-7H,8-12H2,(H,23,24). The highest BCUT2D eigenvalue weighted by molar-refractivity contribution is 6.31. The van der Waals surface area contributed by atoms with Crippen LogP contribution in [-0.2, 0) is 10.2 Å². The molecule has 0 saturated carbocycles. The molecule has 1 heterocycles. The lowest BCUT2D eigenvalue weighted by molar-refractivity contribution is 0.0487. The van der Waals surface area contributed by atoms with Gasteiger partial charge in [0.15, 0.2) is 11.6 Å². The summed E-state index contributed by atoms with van der Waals surface area (Å²) in [5.41, 5.74) is 0.233. The van der Waals surface area contributed by atoms with Crippen LogP contribution in [0.25, 0.3) is 0 Å². The van der Waals surface area contributed by atoms with Gasteiger partial charge in [-0.25, -0.2) is 8.78 Å². The van der Waals surface area contributed by atoms with Gasteiger partial charge in [-0.3, -0.25) is 4.79 Å². The van der Waals surface area contributed by atoms with Crippen LogP contribution in [0.5, 0.6) is 0 Å². The fraction of sp³-hybridized carbons (Fsp3) is 0.316. The average Bonchev–Trinajstić information content (AvgIpc) is 2.63. The van der Waals surface area contributed by atoms with Crippen molar-refractivity contribution in [3.05, 3.63) is 70.2 Å². The van der Waals surface area contributed by atoms with Crippen molar-refractivity contribution in [1.29, 1.82) is 0 Å². The minimum Gasteiger partial charge on any atom is -0.381 e. The Labute approximate surface area is 149 Å². The van der Waals surface area contributed by atoms with Crippen LogP contribution in [-0.4, -0.2) is 25.7 Å². The monoisotopic (exact) mass is 365 g/mol. The predicted molar refractivity (Wildman–Crippen MR) is 91.9 cm³/mol. The summed E-state index contributed by atoms with van der Waals surface area (Å²) in [4.78, 5) is 12.3. The second kappa shape index (κ2) is 7.50. The first-order valence-corrected chi connectivity index (χ1v) is 8.46. The molecule has 3 rings (SSSR count). The average molecular weight is 366 g/mol. The van der Waals surface area contributed by atoms with Crippen molar-refractivity contribution in [2.75, 3.05) is 19.8 Å². The molecule has 1 N–H and O–H groups in total. The Kier molecular flexibility index (Phi) is 5.35. The largest absolute Gasteiger partial charge is 0.381 e. The molecule has 2 aromatic rings. The van der Waals surface area contributed by atoms with E-state index >= 15 is 0 Å². The van der Waals surface area contributed by atoms with E-state index in [0.29, 0.717) is 31.1 Å². The van der Waals surface area contributed by atoms with E-state index in [2.05, 4.69) is 5.32 Å². The first kappa shape index (κ1) is 17.8. The zero-order valence-corrected chi connectivity index (χ0v) is 14.3. The summed E-state index contributed by atoms with van der Waals surface area (Å²) < 4.78 is 32.6. The molecule has 1 aliphatic heterocycles. The summed E-state index contributed by atoms with van der Waals surface area (Å²) >= 11 is 6.36. The van der Waals surface area contributed by atoms with Crippen molar-refractivity contribution in [3.63, 3.8) is 0 Å². The lowest BCUT2D eigenvalue weighted by Gasteiger charge is -2.38. The van der Waals surface area contributed by atoms with Gasteiger partial charge in [-0.05, 0) is 36.6 Å². The number of nitrogens with one attached hydrogen (secondary N) is 1. The van der Waals surface area contributed by atoms with Gasteiger partial charge in [-0.15, -0.1) is 0 Å². The second-order valence-electron chi connectivity index (χ2n) is 6.16. The topological polar surface area (TPSA) is 38.3 Å². The van der Waals surface area contributed by atoms with Crippen LogP contribution in [0.2, 0.25) is 5.02 Å². The Hall–Kier alpha value is -1.98. The van der Waals surface area contributed by atoms with Gasteiger partial charge in [0.1, 0.15) is 0 Å². The summed E-state index contributed by atoms with van der Waals surface area (Å²) in [6.07, 6.45) is 1.37. The van der Waals surface area contributed by atoms with Gasteiger partial charge in [-0.2, -0.15) is 0 Å². The van der Waals surface area contributed by atoms with E-state index in [4.69, 9.17) is 16.3 Å². The Morgan fingerprint density at radius 2 is 1.84 bits per heavy atom. The number of amides is 1. The van der Waals surface area contributed by atoms with Gasteiger partial charge < -0.3 is 10.1 Å². The molecule has 0 aromatic heterocycles. The quantitative estimate of drug-likeness (QED) is 0.886. The molecule has 0 aliphatic carbocycles. The molecule has 1 saturated heterocycles. The number of rotatable bonds is 4. The molecule has 6 heteroatoms. The van der Waals surface area contributed by atoms with Gasteiger partial charge in [0.05, 0.1) is 5.56 Å². The number of halogens is 3. The van der Waals surface area contributed by atoms with E-state index < -0.39 is 23.0 Å². The normalized spacial score (nSPS) is 16.4. The molecule has 1 aliphatic rings. The number of hydrogen-bond acceptors (Lipinski definition) is 2. The molecule has 1 amide bonds. The van der Waals surface area contributed by atoms with E-state index in [1.54, 1.807) is 0 Å². The molecule has 0 bridgehead atoms. The molecule has 0 unspecified atom stereocenters. The number of benzene rings is 2. The van der Waals surface area contributed by atoms with Gasteiger partial charge in [0.2, 0.25) is 0 Å². The zero-order chi connectivity index (χ0) is 17.9. The molecule has 0 atom stereocenters. The minimum absolute atomic E-state index is 0.273. The Balaban J connectivity index is 1.83. The fourth-order valence-corrected chi connectivity index (χ4v) is 3.55. The maximum Gasteiger partial charge on any atom is 0.254 e. The molecule has 2 aromatic carbocycles. The first-order chi connectivity index (χ1) is 12.0. The predicted octanol–water partition coefficient (Wildman–Crippen LogP) is 4.10. The van der Waals surface area contributed by atoms with E-state index in [0.717, 1.165) is 11.6 Å². The molecule has 132 valence electrons. The van der Waals surface area contributed by atoms with Crippen molar-refractivity contribution in [1.82, 2.24) is 5.32 Å². The maximum absolute atomic E-state index is 13.8. The van der Waals surface area contributed by atoms with Crippen molar-refractivity contribution in [2.24, 2.45) is 0 Å². The highest BCUT2D eigenvalue weighted by Gasteiger charge is 2.36. The number of hydrogen-bond donors (Lipinski definition) is 1.